The molecule has 0 aliphatic carbocycles. The number of rotatable bonds is 7. The first kappa shape index (κ1) is 28.4. The van der Waals surface area contributed by atoms with Gasteiger partial charge in [0.2, 0.25) is 11.8 Å². The van der Waals surface area contributed by atoms with E-state index in [9.17, 15) is 32.3 Å². The SMILES string of the molecule is O=C1CCC(N2Cc3ccc(COC(=O)Nc4cc(CN5CCOCC5)cc(OC(F)(F)F)c4)cc3C2=O)C(=O)N1. The highest BCUT2D eigenvalue weighted by Crippen LogP contribution is 2.30. The summed E-state index contributed by atoms with van der Waals surface area (Å²) in [6, 6.07) is 8.04. The first-order chi connectivity index (χ1) is 19.5. The van der Waals surface area contributed by atoms with Crippen LogP contribution in [0.1, 0.15) is 39.9 Å². The number of hydrogen-bond acceptors (Lipinski definition) is 8. The Hall–Kier alpha value is -4.17. The summed E-state index contributed by atoms with van der Waals surface area (Å²) < 4.78 is 53.4. The van der Waals surface area contributed by atoms with E-state index in [1.165, 1.54) is 17.0 Å². The van der Waals surface area contributed by atoms with Crippen molar-refractivity contribution in [2.75, 3.05) is 31.6 Å². The van der Waals surface area contributed by atoms with E-state index in [2.05, 4.69) is 15.4 Å². The number of nitrogens with zero attached hydrogens (tertiary/aromatic N) is 2. The smallest absolute Gasteiger partial charge is 0.444 e. The Labute approximate surface area is 232 Å². The molecule has 2 saturated heterocycles. The molecule has 0 bridgehead atoms. The number of carbonyl (C=O) groups excluding carboxylic acids is 4. The molecule has 41 heavy (non-hydrogen) atoms. The number of piperidine rings is 1. The minimum Gasteiger partial charge on any atom is -0.444 e. The van der Waals surface area contributed by atoms with Crippen LogP contribution in [0.2, 0.25) is 0 Å². The Balaban J connectivity index is 1.22. The molecule has 1 atom stereocenters. The molecule has 4 amide bonds. The second-order valence-electron chi connectivity index (χ2n) is 9.89. The number of ether oxygens (including phenoxy) is 3. The summed E-state index contributed by atoms with van der Waals surface area (Å²) in [4.78, 5) is 52.6. The number of carbonyl (C=O) groups is 4. The quantitative estimate of drug-likeness (QED) is 0.482. The first-order valence-corrected chi connectivity index (χ1v) is 12.9. The van der Waals surface area contributed by atoms with Crippen molar-refractivity contribution in [3.8, 4) is 5.75 Å². The molecule has 2 aromatic rings. The van der Waals surface area contributed by atoms with Crippen LogP contribution in [0, 0.1) is 0 Å². The molecule has 3 aliphatic heterocycles. The van der Waals surface area contributed by atoms with Crippen LogP contribution in [0.5, 0.6) is 5.75 Å². The number of hydrogen-bond donors (Lipinski definition) is 2. The molecule has 2 aromatic carbocycles. The van der Waals surface area contributed by atoms with Crippen molar-refractivity contribution in [2.24, 2.45) is 0 Å². The molecule has 2 fully saturated rings. The van der Waals surface area contributed by atoms with Gasteiger partial charge in [0.25, 0.3) is 5.91 Å². The molecule has 0 radical (unpaired) electrons. The van der Waals surface area contributed by atoms with Crippen molar-refractivity contribution >= 4 is 29.5 Å². The van der Waals surface area contributed by atoms with Gasteiger partial charge < -0.3 is 19.1 Å². The van der Waals surface area contributed by atoms with Gasteiger partial charge in [0.05, 0.1) is 13.2 Å². The lowest BCUT2D eigenvalue weighted by Crippen LogP contribution is -2.52. The lowest BCUT2D eigenvalue weighted by molar-refractivity contribution is -0.274. The third-order valence-corrected chi connectivity index (χ3v) is 6.92. The molecule has 3 heterocycles. The monoisotopic (exact) mass is 576 g/mol. The maximum absolute atomic E-state index is 13.0. The largest absolute Gasteiger partial charge is 0.573 e. The van der Waals surface area contributed by atoms with Gasteiger partial charge in [-0.15, -0.1) is 13.2 Å². The Morgan fingerprint density at radius 1 is 1.07 bits per heavy atom. The minimum atomic E-state index is -4.91. The fourth-order valence-electron chi connectivity index (χ4n) is 5.03. The summed E-state index contributed by atoms with van der Waals surface area (Å²) in [5.41, 5.74) is 2.12. The van der Waals surface area contributed by atoms with Crippen molar-refractivity contribution in [1.82, 2.24) is 15.1 Å². The van der Waals surface area contributed by atoms with Crippen LogP contribution < -0.4 is 15.4 Å². The van der Waals surface area contributed by atoms with E-state index in [0.717, 1.165) is 6.07 Å². The van der Waals surface area contributed by atoms with Crippen LogP contribution in [-0.4, -0.2) is 72.3 Å². The standard InChI is InChI=1S/C27H27F3N4O7/c28-27(29,30)41-20-10-17(13-33-5-7-39-8-6-33)9-19(12-20)31-26(38)40-15-16-1-2-18-14-34(25(37)21(18)11-16)22-3-4-23(35)32-24(22)36/h1-2,9-12,22H,3-8,13-15H2,(H,31,38)(H,32,35,36). The topological polar surface area (TPSA) is 127 Å². The van der Waals surface area contributed by atoms with Crippen LogP contribution in [0.4, 0.5) is 23.7 Å². The summed E-state index contributed by atoms with van der Waals surface area (Å²) in [5.74, 6) is -1.73. The van der Waals surface area contributed by atoms with Gasteiger partial charge in [-0.2, -0.15) is 0 Å². The summed E-state index contributed by atoms with van der Waals surface area (Å²) in [6.45, 7) is 2.59. The Kier molecular flexibility index (Phi) is 8.13. The van der Waals surface area contributed by atoms with Crippen LogP contribution >= 0.6 is 0 Å². The molecular formula is C27H27F3N4O7. The first-order valence-electron chi connectivity index (χ1n) is 12.9. The summed E-state index contributed by atoms with van der Waals surface area (Å²) >= 11 is 0. The maximum Gasteiger partial charge on any atom is 0.573 e. The van der Waals surface area contributed by atoms with Crippen LogP contribution in [0.3, 0.4) is 0 Å². The second-order valence-corrected chi connectivity index (χ2v) is 9.89. The van der Waals surface area contributed by atoms with Gasteiger partial charge >= 0.3 is 12.5 Å². The van der Waals surface area contributed by atoms with Gasteiger partial charge in [-0.3, -0.25) is 29.9 Å². The van der Waals surface area contributed by atoms with E-state index in [-0.39, 0.29) is 43.5 Å². The van der Waals surface area contributed by atoms with Gasteiger partial charge in [0.1, 0.15) is 18.4 Å². The molecule has 5 rings (SSSR count). The fraction of sp³-hybridized carbons (Fsp3) is 0.407. The number of amides is 4. The van der Waals surface area contributed by atoms with E-state index in [1.807, 2.05) is 4.90 Å². The molecular weight excluding hydrogens is 549 g/mol. The number of anilines is 1. The minimum absolute atomic E-state index is 0.0593. The molecule has 0 saturated carbocycles. The van der Waals surface area contributed by atoms with Crippen LogP contribution in [0.25, 0.3) is 0 Å². The van der Waals surface area contributed by atoms with Crippen LogP contribution in [0.15, 0.2) is 36.4 Å². The molecule has 1 unspecified atom stereocenters. The van der Waals surface area contributed by atoms with Crippen molar-refractivity contribution in [3.63, 3.8) is 0 Å². The van der Waals surface area contributed by atoms with Gasteiger partial charge in [0.15, 0.2) is 0 Å². The van der Waals surface area contributed by atoms with E-state index in [1.54, 1.807) is 18.2 Å². The highest BCUT2D eigenvalue weighted by atomic mass is 19.4. The Morgan fingerprint density at radius 2 is 1.85 bits per heavy atom. The predicted molar refractivity (Wildman–Crippen MR) is 136 cm³/mol. The average molecular weight is 577 g/mol. The number of morpholine rings is 1. The van der Waals surface area contributed by atoms with Gasteiger partial charge in [-0.1, -0.05) is 12.1 Å². The zero-order chi connectivity index (χ0) is 29.1. The number of alkyl halides is 3. The number of nitrogens with one attached hydrogen (secondary N) is 2. The predicted octanol–water partition coefficient (Wildman–Crippen LogP) is 2.93. The van der Waals surface area contributed by atoms with Crippen molar-refractivity contribution in [2.45, 2.75) is 44.9 Å². The van der Waals surface area contributed by atoms with Gasteiger partial charge in [-0.25, -0.2) is 4.79 Å². The maximum atomic E-state index is 13.0. The molecule has 0 aromatic heterocycles. The van der Waals surface area contributed by atoms with Crippen molar-refractivity contribution in [3.05, 3.63) is 58.7 Å². The third-order valence-electron chi connectivity index (χ3n) is 6.92. The zero-order valence-electron chi connectivity index (χ0n) is 21.8. The van der Waals surface area contributed by atoms with Crippen LogP contribution in [-0.2, 0) is 38.8 Å². The number of benzene rings is 2. The van der Waals surface area contributed by atoms with E-state index >= 15 is 0 Å². The summed E-state index contributed by atoms with van der Waals surface area (Å²) in [7, 11) is 0. The second kappa shape index (κ2) is 11.7. The molecule has 14 heteroatoms. The van der Waals surface area contributed by atoms with E-state index in [4.69, 9.17) is 9.47 Å². The highest BCUT2D eigenvalue weighted by Gasteiger charge is 2.39. The van der Waals surface area contributed by atoms with Gasteiger partial charge in [-0.05, 0) is 41.3 Å². The number of halogens is 3. The van der Waals surface area contributed by atoms with Gasteiger partial charge in [0, 0.05) is 49.9 Å². The van der Waals surface area contributed by atoms with E-state index < -0.39 is 30.2 Å². The number of fused-ring (bicyclic) bond motifs is 1. The lowest BCUT2D eigenvalue weighted by Gasteiger charge is -2.29. The third kappa shape index (κ3) is 7.13. The highest BCUT2D eigenvalue weighted by molar-refractivity contribution is 6.05. The van der Waals surface area contributed by atoms with Crippen molar-refractivity contribution < 1.29 is 46.6 Å². The zero-order valence-corrected chi connectivity index (χ0v) is 21.8. The Morgan fingerprint density at radius 3 is 2.59 bits per heavy atom. The molecule has 2 N–H and O–H groups in total. The summed E-state index contributed by atoms with van der Waals surface area (Å²) in [5, 5.41) is 4.69. The Bertz CT molecular complexity index is 1360. The molecule has 0 spiro atoms. The molecule has 3 aliphatic rings. The van der Waals surface area contributed by atoms with E-state index in [0.29, 0.717) is 55.1 Å². The number of imide groups is 1. The summed E-state index contributed by atoms with van der Waals surface area (Å²) in [6.07, 6.45) is -5.44. The lowest BCUT2D eigenvalue weighted by atomic mass is 10.0. The average Bonchev–Trinajstić information content (AvgIpc) is 3.22. The normalized spacial score (nSPS) is 19.5. The molecule has 11 nitrogen and oxygen atoms in total. The molecule has 218 valence electrons. The van der Waals surface area contributed by atoms with Crippen molar-refractivity contribution in [1.29, 1.82) is 0 Å². The fourth-order valence-corrected chi connectivity index (χ4v) is 5.03.